The van der Waals surface area contributed by atoms with Crippen LogP contribution in [0.2, 0.25) is 0 Å². The lowest BCUT2D eigenvalue weighted by Gasteiger charge is -2.36. The first-order valence-corrected chi connectivity index (χ1v) is 8.68. The number of pyridine rings is 1. The molecule has 0 bridgehead atoms. The van der Waals surface area contributed by atoms with E-state index in [1.165, 1.54) is 0 Å². The molecular weight excluding hydrogens is 318 g/mol. The van der Waals surface area contributed by atoms with E-state index in [1.54, 1.807) is 18.1 Å². The second-order valence-corrected chi connectivity index (χ2v) is 7.53. The number of carbonyl (C=O) groups is 2. The van der Waals surface area contributed by atoms with Crippen LogP contribution in [0.3, 0.4) is 0 Å². The van der Waals surface area contributed by atoms with E-state index in [2.05, 4.69) is 15.2 Å². The molecule has 1 aliphatic heterocycles. The molecule has 0 unspecified atom stereocenters. The highest BCUT2D eigenvalue weighted by Crippen LogP contribution is 2.12. The molecule has 2 rings (SSSR count). The van der Waals surface area contributed by atoms with Crippen LogP contribution in [0.4, 0.5) is 5.82 Å². The van der Waals surface area contributed by atoms with Crippen molar-refractivity contribution in [3.63, 3.8) is 0 Å². The van der Waals surface area contributed by atoms with Crippen molar-refractivity contribution in [3.05, 3.63) is 24.4 Å². The first-order chi connectivity index (χ1) is 11.7. The summed E-state index contributed by atoms with van der Waals surface area (Å²) in [5.41, 5.74) is -0.260. The van der Waals surface area contributed by atoms with Crippen LogP contribution in [0.25, 0.3) is 0 Å². The number of nitrogens with one attached hydrogen (secondary N) is 1. The molecule has 7 nitrogen and oxygen atoms in total. The van der Waals surface area contributed by atoms with Crippen molar-refractivity contribution in [2.45, 2.75) is 26.3 Å². The summed E-state index contributed by atoms with van der Waals surface area (Å²) in [6, 6.07) is 5.85. The second kappa shape index (κ2) is 8.29. The van der Waals surface area contributed by atoms with E-state index in [9.17, 15) is 9.59 Å². The lowest BCUT2D eigenvalue weighted by atomic mass is 10.1. The smallest absolute Gasteiger partial charge is 0.236 e. The van der Waals surface area contributed by atoms with E-state index in [4.69, 9.17) is 0 Å². The van der Waals surface area contributed by atoms with Gasteiger partial charge in [-0.1, -0.05) is 6.07 Å². The Morgan fingerprint density at radius 2 is 1.84 bits per heavy atom. The van der Waals surface area contributed by atoms with E-state index in [-0.39, 0.29) is 30.4 Å². The number of likely N-dealkylation sites (N-methyl/N-ethyl adjacent to an activating group) is 1. The number of nitrogens with zero attached hydrogens (tertiary/aromatic N) is 4. The Hall–Kier alpha value is -2.15. The van der Waals surface area contributed by atoms with Crippen molar-refractivity contribution < 1.29 is 9.59 Å². The molecule has 1 fully saturated rings. The zero-order valence-corrected chi connectivity index (χ0v) is 15.7. The van der Waals surface area contributed by atoms with Crippen LogP contribution in [-0.2, 0) is 9.59 Å². The van der Waals surface area contributed by atoms with Crippen molar-refractivity contribution in [1.82, 2.24) is 20.1 Å². The van der Waals surface area contributed by atoms with E-state index in [0.29, 0.717) is 13.1 Å². The molecule has 1 aromatic heterocycles. The summed E-state index contributed by atoms with van der Waals surface area (Å²) in [5.74, 6) is 0.945. The highest BCUT2D eigenvalue weighted by atomic mass is 16.2. The zero-order valence-electron chi connectivity index (χ0n) is 15.7. The molecule has 0 saturated carbocycles. The Kier molecular flexibility index (Phi) is 6.36. The van der Waals surface area contributed by atoms with Gasteiger partial charge in [-0.15, -0.1) is 0 Å². The lowest BCUT2D eigenvalue weighted by molar-refractivity contribution is -0.133. The molecule has 1 aromatic rings. The van der Waals surface area contributed by atoms with Gasteiger partial charge in [0, 0.05) is 37.9 Å². The number of carbonyl (C=O) groups excluding carboxylic acids is 2. The number of aromatic nitrogens is 1. The van der Waals surface area contributed by atoms with Gasteiger partial charge >= 0.3 is 0 Å². The molecule has 7 heteroatoms. The summed E-state index contributed by atoms with van der Waals surface area (Å²) in [6.07, 6.45) is 1.78. The number of anilines is 1. The SMILES string of the molecule is CN(CC(=O)NC(C)(C)C)CC(=O)N1CCN(c2ccccn2)CC1. The van der Waals surface area contributed by atoms with Crippen molar-refractivity contribution in [2.75, 3.05) is 51.2 Å². The summed E-state index contributed by atoms with van der Waals surface area (Å²) in [5, 5.41) is 2.91. The molecule has 1 N–H and O–H groups in total. The number of piperazine rings is 1. The van der Waals surface area contributed by atoms with E-state index < -0.39 is 0 Å². The summed E-state index contributed by atoms with van der Waals surface area (Å²) < 4.78 is 0. The first kappa shape index (κ1) is 19.2. The minimum absolute atomic E-state index is 0.0618. The molecular formula is C18H29N5O2. The third-order valence-corrected chi connectivity index (χ3v) is 3.94. The van der Waals surface area contributed by atoms with Gasteiger partial charge in [-0.05, 0) is 40.0 Å². The Morgan fingerprint density at radius 3 is 2.40 bits per heavy atom. The molecule has 0 aromatic carbocycles. The van der Waals surface area contributed by atoms with Gasteiger partial charge in [0.2, 0.25) is 11.8 Å². The largest absolute Gasteiger partial charge is 0.353 e. The maximum absolute atomic E-state index is 12.4. The molecule has 2 heterocycles. The molecule has 25 heavy (non-hydrogen) atoms. The number of rotatable bonds is 5. The zero-order chi connectivity index (χ0) is 18.4. The van der Waals surface area contributed by atoms with Crippen molar-refractivity contribution >= 4 is 17.6 Å². The predicted molar refractivity (Wildman–Crippen MR) is 98.4 cm³/mol. The topological polar surface area (TPSA) is 68.8 Å². The minimum Gasteiger partial charge on any atom is -0.353 e. The summed E-state index contributed by atoms with van der Waals surface area (Å²) in [4.78, 5) is 34.5. The van der Waals surface area contributed by atoms with Gasteiger partial charge < -0.3 is 15.1 Å². The Morgan fingerprint density at radius 1 is 1.16 bits per heavy atom. The van der Waals surface area contributed by atoms with E-state index in [1.807, 2.05) is 43.9 Å². The summed E-state index contributed by atoms with van der Waals surface area (Å²) in [7, 11) is 1.80. The normalized spacial score (nSPS) is 15.4. The molecule has 2 amide bonds. The molecule has 1 aliphatic rings. The molecule has 0 atom stereocenters. The maximum Gasteiger partial charge on any atom is 0.236 e. The Labute approximate surface area is 150 Å². The third kappa shape index (κ3) is 6.34. The quantitative estimate of drug-likeness (QED) is 0.844. The van der Waals surface area contributed by atoms with Crippen LogP contribution in [0.1, 0.15) is 20.8 Å². The number of hydrogen-bond donors (Lipinski definition) is 1. The lowest BCUT2D eigenvalue weighted by Crippen LogP contribution is -2.52. The molecule has 0 spiro atoms. The second-order valence-electron chi connectivity index (χ2n) is 7.53. The van der Waals surface area contributed by atoms with Gasteiger partial charge in [0.15, 0.2) is 0 Å². The minimum atomic E-state index is -0.260. The Bertz CT molecular complexity index is 577. The van der Waals surface area contributed by atoms with E-state index >= 15 is 0 Å². The number of hydrogen-bond acceptors (Lipinski definition) is 5. The van der Waals surface area contributed by atoms with Crippen LogP contribution in [0.5, 0.6) is 0 Å². The summed E-state index contributed by atoms with van der Waals surface area (Å²) >= 11 is 0. The average molecular weight is 347 g/mol. The van der Waals surface area contributed by atoms with Crippen molar-refractivity contribution in [1.29, 1.82) is 0 Å². The van der Waals surface area contributed by atoms with Crippen LogP contribution in [0, 0.1) is 0 Å². The van der Waals surface area contributed by atoms with Crippen LogP contribution in [0.15, 0.2) is 24.4 Å². The first-order valence-electron chi connectivity index (χ1n) is 8.68. The molecule has 0 aliphatic carbocycles. The van der Waals surface area contributed by atoms with Crippen LogP contribution >= 0.6 is 0 Å². The maximum atomic E-state index is 12.4. The van der Waals surface area contributed by atoms with Gasteiger partial charge in [0.25, 0.3) is 0 Å². The van der Waals surface area contributed by atoms with Gasteiger partial charge in [-0.3, -0.25) is 14.5 Å². The van der Waals surface area contributed by atoms with Gasteiger partial charge in [-0.25, -0.2) is 4.98 Å². The predicted octanol–water partition coefficient (Wildman–Crippen LogP) is 0.577. The molecule has 138 valence electrons. The number of amides is 2. The Balaban J connectivity index is 1.76. The monoisotopic (exact) mass is 347 g/mol. The fourth-order valence-electron chi connectivity index (χ4n) is 2.82. The van der Waals surface area contributed by atoms with Crippen molar-refractivity contribution in [2.24, 2.45) is 0 Å². The highest BCUT2D eigenvalue weighted by Gasteiger charge is 2.23. The van der Waals surface area contributed by atoms with Gasteiger partial charge in [0.05, 0.1) is 13.1 Å². The van der Waals surface area contributed by atoms with Crippen molar-refractivity contribution in [3.8, 4) is 0 Å². The van der Waals surface area contributed by atoms with Gasteiger partial charge in [0.1, 0.15) is 5.82 Å². The molecule has 1 saturated heterocycles. The fraction of sp³-hybridized carbons (Fsp3) is 0.611. The highest BCUT2D eigenvalue weighted by molar-refractivity contribution is 5.81. The standard InChI is InChI=1S/C18H29N5O2/c1-18(2,3)20-16(24)13-21(4)14-17(25)23-11-9-22(10-12-23)15-7-5-6-8-19-15/h5-8H,9-14H2,1-4H3,(H,20,24). The van der Waals surface area contributed by atoms with Gasteiger partial charge in [-0.2, -0.15) is 0 Å². The average Bonchev–Trinajstić information content (AvgIpc) is 2.53. The van der Waals surface area contributed by atoms with Crippen LogP contribution in [-0.4, -0.2) is 78.5 Å². The van der Waals surface area contributed by atoms with E-state index in [0.717, 1.165) is 18.9 Å². The molecule has 0 radical (unpaired) electrons. The third-order valence-electron chi connectivity index (χ3n) is 3.94. The van der Waals surface area contributed by atoms with Crippen LogP contribution < -0.4 is 10.2 Å². The summed E-state index contributed by atoms with van der Waals surface area (Å²) in [6.45, 7) is 9.20. The fourth-order valence-corrected chi connectivity index (χ4v) is 2.82.